The number of nitrogens with zero attached hydrogens (tertiary/aromatic N) is 1. The Morgan fingerprint density at radius 3 is 3.00 bits per heavy atom. The second-order valence-corrected chi connectivity index (χ2v) is 4.14. The molecule has 1 aliphatic rings. The summed E-state index contributed by atoms with van der Waals surface area (Å²) in [4.78, 5) is 2.21. The lowest BCUT2D eigenvalue weighted by molar-refractivity contribution is 0.154. The lowest BCUT2D eigenvalue weighted by atomic mass is 10.1. The first-order valence-electron chi connectivity index (χ1n) is 5.96. The Kier molecular flexibility index (Phi) is 3.67. The molecule has 1 fully saturated rings. The molecule has 0 aromatic heterocycles. The number of hydrogen-bond acceptors (Lipinski definition) is 3. The van der Waals surface area contributed by atoms with Crippen LogP contribution in [0.5, 0.6) is 5.75 Å². The van der Waals surface area contributed by atoms with Crippen LogP contribution in [-0.2, 0) is 0 Å². The molecule has 1 aromatic carbocycles. The Labute approximate surface area is 96.6 Å². The predicted octanol–water partition coefficient (Wildman–Crippen LogP) is 2.05. The minimum Gasteiger partial charge on any atom is -0.492 e. The molecule has 1 N–H and O–H groups in total. The van der Waals surface area contributed by atoms with Crippen LogP contribution in [0, 0.1) is 0 Å². The third kappa shape index (κ3) is 2.47. The molecule has 0 spiro atoms. The summed E-state index contributed by atoms with van der Waals surface area (Å²) < 4.78 is 5.60. The molecule has 0 radical (unpaired) electrons. The summed E-state index contributed by atoms with van der Waals surface area (Å²) >= 11 is 0. The van der Waals surface area contributed by atoms with E-state index in [1.165, 1.54) is 0 Å². The van der Waals surface area contributed by atoms with Crippen molar-refractivity contribution in [3.8, 4) is 5.75 Å². The first-order valence-corrected chi connectivity index (χ1v) is 5.96. The van der Waals surface area contributed by atoms with Crippen LogP contribution in [-0.4, -0.2) is 30.9 Å². The van der Waals surface area contributed by atoms with Gasteiger partial charge in [-0.25, -0.2) is 0 Å². The van der Waals surface area contributed by atoms with E-state index in [1.807, 2.05) is 25.1 Å². The molecular formula is C13H19NO2. The zero-order valence-corrected chi connectivity index (χ0v) is 9.72. The van der Waals surface area contributed by atoms with Crippen LogP contribution in [0.1, 0.15) is 19.8 Å². The van der Waals surface area contributed by atoms with E-state index in [0.717, 1.165) is 30.8 Å². The monoisotopic (exact) mass is 221 g/mol. The number of β-amino-alcohol motifs (C(OH)–C–C–N with tert-alkyl or cyclic N) is 1. The molecule has 1 atom stereocenters. The Hall–Kier alpha value is -1.22. The first-order chi connectivity index (χ1) is 7.81. The summed E-state index contributed by atoms with van der Waals surface area (Å²) in [5.41, 5.74) is 1.10. The van der Waals surface area contributed by atoms with Crippen molar-refractivity contribution in [2.24, 2.45) is 0 Å². The van der Waals surface area contributed by atoms with Crippen molar-refractivity contribution >= 4 is 5.69 Å². The maximum Gasteiger partial charge on any atom is 0.142 e. The smallest absolute Gasteiger partial charge is 0.142 e. The van der Waals surface area contributed by atoms with E-state index >= 15 is 0 Å². The van der Waals surface area contributed by atoms with Crippen molar-refractivity contribution in [2.45, 2.75) is 25.9 Å². The zero-order chi connectivity index (χ0) is 11.4. The lowest BCUT2D eigenvalue weighted by Gasteiger charge is -2.32. The van der Waals surface area contributed by atoms with Gasteiger partial charge in [-0.05, 0) is 31.9 Å². The van der Waals surface area contributed by atoms with Gasteiger partial charge in [0.2, 0.25) is 0 Å². The van der Waals surface area contributed by atoms with Crippen LogP contribution in [0.4, 0.5) is 5.69 Å². The van der Waals surface area contributed by atoms with Crippen LogP contribution in [0.15, 0.2) is 24.3 Å². The Bertz CT molecular complexity index is 340. The Balaban J connectivity index is 2.17. The van der Waals surface area contributed by atoms with Gasteiger partial charge in [-0.1, -0.05) is 12.1 Å². The molecule has 1 aliphatic heterocycles. The number of piperidine rings is 1. The Morgan fingerprint density at radius 2 is 2.25 bits per heavy atom. The number of para-hydroxylation sites is 2. The lowest BCUT2D eigenvalue weighted by Crippen LogP contribution is -2.38. The van der Waals surface area contributed by atoms with Gasteiger partial charge in [-0.15, -0.1) is 0 Å². The summed E-state index contributed by atoms with van der Waals surface area (Å²) in [7, 11) is 0. The topological polar surface area (TPSA) is 32.7 Å². The number of aliphatic hydroxyl groups excluding tert-OH is 1. The Morgan fingerprint density at radius 1 is 1.44 bits per heavy atom. The van der Waals surface area contributed by atoms with E-state index in [2.05, 4.69) is 11.0 Å². The highest BCUT2D eigenvalue weighted by Crippen LogP contribution is 2.30. The number of benzene rings is 1. The van der Waals surface area contributed by atoms with E-state index in [0.29, 0.717) is 13.2 Å². The van der Waals surface area contributed by atoms with Gasteiger partial charge >= 0.3 is 0 Å². The first kappa shape index (κ1) is 11.3. The van der Waals surface area contributed by atoms with E-state index in [9.17, 15) is 5.11 Å². The van der Waals surface area contributed by atoms with Gasteiger partial charge in [-0.3, -0.25) is 0 Å². The molecule has 0 bridgehead atoms. The standard InChI is InChI=1S/C13H19NO2/c1-2-16-13-8-4-3-7-12(13)14-9-5-6-11(15)10-14/h3-4,7-8,11,15H,2,5-6,9-10H2,1H3. The van der Waals surface area contributed by atoms with Crippen LogP contribution in [0.2, 0.25) is 0 Å². The highest BCUT2D eigenvalue weighted by molar-refractivity contribution is 5.58. The largest absolute Gasteiger partial charge is 0.492 e. The summed E-state index contributed by atoms with van der Waals surface area (Å²) in [6.45, 7) is 4.38. The van der Waals surface area contributed by atoms with Crippen molar-refractivity contribution < 1.29 is 9.84 Å². The van der Waals surface area contributed by atoms with Gasteiger partial charge in [-0.2, -0.15) is 0 Å². The highest BCUT2D eigenvalue weighted by atomic mass is 16.5. The van der Waals surface area contributed by atoms with E-state index in [-0.39, 0.29) is 6.10 Å². The summed E-state index contributed by atoms with van der Waals surface area (Å²) in [6.07, 6.45) is 1.75. The fraction of sp³-hybridized carbons (Fsp3) is 0.538. The van der Waals surface area contributed by atoms with Crippen LogP contribution in [0.3, 0.4) is 0 Å². The zero-order valence-electron chi connectivity index (χ0n) is 9.72. The van der Waals surface area contributed by atoms with E-state index < -0.39 is 0 Å². The van der Waals surface area contributed by atoms with Crippen LogP contribution >= 0.6 is 0 Å². The number of anilines is 1. The molecule has 0 aliphatic carbocycles. The van der Waals surface area contributed by atoms with Gasteiger partial charge in [0, 0.05) is 13.1 Å². The average Bonchev–Trinajstić information content (AvgIpc) is 2.30. The van der Waals surface area contributed by atoms with Gasteiger partial charge in [0.25, 0.3) is 0 Å². The molecule has 1 aromatic rings. The SMILES string of the molecule is CCOc1ccccc1N1CCCC(O)C1. The van der Waals surface area contributed by atoms with Crippen molar-refractivity contribution in [1.29, 1.82) is 0 Å². The van der Waals surface area contributed by atoms with Gasteiger partial charge in [0.15, 0.2) is 0 Å². The summed E-state index contributed by atoms with van der Waals surface area (Å²) in [5, 5.41) is 9.68. The fourth-order valence-electron chi connectivity index (χ4n) is 2.17. The molecule has 16 heavy (non-hydrogen) atoms. The molecule has 88 valence electrons. The van der Waals surface area contributed by atoms with Crippen LogP contribution < -0.4 is 9.64 Å². The maximum absolute atomic E-state index is 9.68. The average molecular weight is 221 g/mol. The van der Waals surface area contributed by atoms with Crippen molar-refractivity contribution in [3.63, 3.8) is 0 Å². The molecule has 2 rings (SSSR count). The number of ether oxygens (including phenoxy) is 1. The predicted molar refractivity (Wildman–Crippen MR) is 65.1 cm³/mol. The molecule has 3 heteroatoms. The maximum atomic E-state index is 9.68. The van der Waals surface area contributed by atoms with Crippen molar-refractivity contribution in [2.75, 3.05) is 24.6 Å². The number of aliphatic hydroxyl groups is 1. The third-order valence-electron chi connectivity index (χ3n) is 2.90. The molecular weight excluding hydrogens is 202 g/mol. The van der Waals surface area contributed by atoms with Crippen molar-refractivity contribution in [3.05, 3.63) is 24.3 Å². The highest BCUT2D eigenvalue weighted by Gasteiger charge is 2.20. The fourth-order valence-corrected chi connectivity index (χ4v) is 2.17. The second-order valence-electron chi connectivity index (χ2n) is 4.14. The van der Waals surface area contributed by atoms with Gasteiger partial charge < -0.3 is 14.7 Å². The summed E-state index contributed by atoms with van der Waals surface area (Å²) in [5.74, 6) is 0.916. The van der Waals surface area contributed by atoms with E-state index in [4.69, 9.17) is 4.74 Å². The van der Waals surface area contributed by atoms with E-state index in [1.54, 1.807) is 0 Å². The molecule has 1 unspecified atom stereocenters. The molecule has 0 saturated carbocycles. The van der Waals surface area contributed by atoms with Gasteiger partial charge in [0.05, 0.1) is 18.4 Å². The van der Waals surface area contributed by atoms with Crippen molar-refractivity contribution in [1.82, 2.24) is 0 Å². The minimum atomic E-state index is -0.205. The quantitative estimate of drug-likeness (QED) is 0.848. The summed E-state index contributed by atoms with van der Waals surface area (Å²) in [6, 6.07) is 8.04. The molecule has 0 amide bonds. The number of hydrogen-bond donors (Lipinski definition) is 1. The molecule has 1 saturated heterocycles. The number of rotatable bonds is 3. The minimum absolute atomic E-state index is 0.205. The molecule has 1 heterocycles. The molecule has 3 nitrogen and oxygen atoms in total. The normalized spacial score (nSPS) is 20.9. The van der Waals surface area contributed by atoms with Gasteiger partial charge in [0.1, 0.15) is 5.75 Å². The third-order valence-corrected chi connectivity index (χ3v) is 2.90. The van der Waals surface area contributed by atoms with Crippen LogP contribution in [0.25, 0.3) is 0 Å². The second kappa shape index (κ2) is 5.21.